The zero-order chi connectivity index (χ0) is 11.0. The van der Waals surface area contributed by atoms with Gasteiger partial charge in [-0.25, -0.2) is 0 Å². The van der Waals surface area contributed by atoms with Gasteiger partial charge in [-0.3, -0.25) is 0 Å². The van der Waals surface area contributed by atoms with Gasteiger partial charge >= 0.3 is 0 Å². The summed E-state index contributed by atoms with van der Waals surface area (Å²) in [5, 5.41) is 3.75. The number of hydrogen-bond donors (Lipinski definition) is 2. The van der Waals surface area contributed by atoms with E-state index in [2.05, 4.69) is 12.2 Å². The standard InChI is InChI=1S/C13H28N2/c1-2-13(9-8-10-13)15-12-7-5-3-4-6-11-14/h15H,2-12,14H2,1H3. The van der Waals surface area contributed by atoms with Gasteiger partial charge in [-0.05, 0) is 51.6 Å². The SMILES string of the molecule is CCC1(NCCCCCCCN)CCC1. The fourth-order valence-electron chi connectivity index (χ4n) is 2.41. The van der Waals surface area contributed by atoms with Gasteiger partial charge in [0.25, 0.3) is 0 Å². The Balaban J connectivity index is 1.88. The smallest absolute Gasteiger partial charge is 0.0178 e. The maximum Gasteiger partial charge on any atom is 0.0178 e. The van der Waals surface area contributed by atoms with Crippen LogP contribution in [0.3, 0.4) is 0 Å². The second-order valence-electron chi connectivity index (χ2n) is 4.97. The first-order valence-corrected chi connectivity index (χ1v) is 6.78. The summed E-state index contributed by atoms with van der Waals surface area (Å²) in [5.74, 6) is 0. The summed E-state index contributed by atoms with van der Waals surface area (Å²) in [5.41, 5.74) is 6.00. The highest BCUT2D eigenvalue weighted by molar-refractivity contribution is 4.94. The van der Waals surface area contributed by atoms with E-state index >= 15 is 0 Å². The molecule has 0 amide bonds. The van der Waals surface area contributed by atoms with Crippen molar-refractivity contribution in [2.24, 2.45) is 5.73 Å². The summed E-state index contributed by atoms with van der Waals surface area (Å²) in [4.78, 5) is 0. The van der Waals surface area contributed by atoms with E-state index in [1.807, 2.05) is 0 Å². The van der Waals surface area contributed by atoms with E-state index in [-0.39, 0.29) is 0 Å². The molecule has 2 nitrogen and oxygen atoms in total. The van der Waals surface area contributed by atoms with Crippen molar-refractivity contribution in [2.75, 3.05) is 13.1 Å². The molecule has 0 aromatic rings. The molecule has 15 heavy (non-hydrogen) atoms. The molecule has 1 saturated carbocycles. The van der Waals surface area contributed by atoms with Crippen molar-refractivity contribution in [1.29, 1.82) is 0 Å². The molecule has 90 valence electrons. The lowest BCUT2D eigenvalue weighted by atomic mass is 9.75. The molecule has 3 N–H and O–H groups in total. The van der Waals surface area contributed by atoms with Crippen LogP contribution < -0.4 is 11.1 Å². The van der Waals surface area contributed by atoms with E-state index in [1.165, 1.54) is 64.3 Å². The van der Waals surface area contributed by atoms with E-state index in [0.29, 0.717) is 5.54 Å². The number of rotatable bonds is 9. The lowest BCUT2D eigenvalue weighted by molar-refractivity contribution is 0.177. The highest BCUT2D eigenvalue weighted by Crippen LogP contribution is 2.34. The predicted octanol–water partition coefficient (Wildman–Crippen LogP) is 2.82. The fourth-order valence-corrected chi connectivity index (χ4v) is 2.41. The highest BCUT2D eigenvalue weighted by Gasteiger charge is 2.33. The molecule has 0 bridgehead atoms. The summed E-state index contributed by atoms with van der Waals surface area (Å²) in [6.45, 7) is 4.39. The first kappa shape index (κ1) is 13.0. The maximum atomic E-state index is 5.46. The molecule has 1 aliphatic carbocycles. The van der Waals surface area contributed by atoms with Gasteiger partial charge in [0.1, 0.15) is 0 Å². The zero-order valence-electron chi connectivity index (χ0n) is 10.4. The monoisotopic (exact) mass is 212 g/mol. The van der Waals surface area contributed by atoms with E-state index < -0.39 is 0 Å². The third kappa shape index (κ3) is 4.52. The van der Waals surface area contributed by atoms with Crippen LogP contribution in [0.1, 0.15) is 64.7 Å². The van der Waals surface area contributed by atoms with Crippen molar-refractivity contribution in [3.63, 3.8) is 0 Å². The topological polar surface area (TPSA) is 38.0 Å². The molecule has 2 heteroatoms. The van der Waals surface area contributed by atoms with Gasteiger partial charge in [0.05, 0.1) is 0 Å². The number of nitrogens with two attached hydrogens (primary N) is 1. The van der Waals surface area contributed by atoms with E-state index in [0.717, 1.165) is 6.54 Å². The maximum absolute atomic E-state index is 5.46. The van der Waals surface area contributed by atoms with Crippen LogP contribution in [-0.4, -0.2) is 18.6 Å². The molecule has 1 fully saturated rings. The van der Waals surface area contributed by atoms with Gasteiger partial charge in [0.2, 0.25) is 0 Å². The number of nitrogens with one attached hydrogen (secondary N) is 1. The van der Waals surface area contributed by atoms with Crippen molar-refractivity contribution in [2.45, 2.75) is 70.3 Å². The van der Waals surface area contributed by atoms with E-state index in [9.17, 15) is 0 Å². The van der Waals surface area contributed by atoms with Crippen molar-refractivity contribution in [1.82, 2.24) is 5.32 Å². The van der Waals surface area contributed by atoms with Crippen LogP contribution in [0.2, 0.25) is 0 Å². The van der Waals surface area contributed by atoms with Crippen LogP contribution in [-0.2, 0) is 0 Å². The summed E-state index contributed by atoms with van der Waals surface area (Å²) in [6.07, 6.45) is 12.1. The molecule has 0 atom stereocenters. The van der Waals surface area contributed by atoms with Gasteiger partial charge < -0.3 is 11.1 Å². The van der Waals surface area contributed by atoms with Crippen molar-refractivity contribution >= 4 is 0 Å². The van der Waals surface area contributed by atoms with Crippen molar-refractivity contribution in [3.8, 4) is 0 Å². The van der Waals surface area contributed by atoms with E-state index in [4.69, 9.17) is 5.73 Å². The third-order valence-electron chi connectivity index (χ3n) is 3.87. The van der Waals surface area contributed by atoms with Gasteiger partial charge in [-0.1, -0.05) is 26.2 Å². The molecule has 0 spiro atoms. The predicted molar refractivity (Wildman–Crippen MR) is 67.0 cm³/mol. The summed E-state index contributed by atoms with van der Waals surface area (Å²) in [6, 6.07) is 0. The molecular formula is C13H28N2. The number of hydrogen-bond acceptors (Lipinski definition) is 2. The molecule has 0 heterocycles. The van der Waals surface area contributed by atoms with Gasteiger partial charge in [0, 0.05) is 5.54 Å². The molecule has 0 radical (unpaired) electrons. The Morgan fingerprint density at radius 3 is 2.27 bits per heavy atom. The Bertz CT molecular complexity index is 147. The quantitative estimate of drug-likeness (QED) is 0.577. The molecule has 1 aliphatic rings. The molecule has 0 aromatic heterocycles. The van der Waals surface area contributed by atoms with Crippen LogP contribution in [0.15, 0.2) is 0 Å². The first-order chi connectivity index (χ1) is 7.33. The van der Waals surface area contributed by atoms with Crippen LogP contribution >= 0.6 is 0 Å². The first-order valence-electron chi connectivity index (χ1n) is 6.78. The molecule has 0 unspecified atom stereocenters. The zero-order valence-corrected chi connectivity index (χ0v) is 10.4. The largest absolute Gasteiger partial charge is 0.330 e. The third-order valence-corrected chi connectivity index (χ3v) is 3.87. The minimum Gasteiger partial charge on any atom is -0.330 e. The summed E-state index contributed by atoms with van der Waals surface area (Å²) in [7, 11) is 0. The van der Waals surface area contributed by atoms with E-state index in [1.54, 1.807) is 0 Å². The molecule has 0 saturated heterocycles. The molecule has 0 aliphatic heterocycles. The summed E-state index contributed by atoms with van der Waals surface area (Å²) < 4.78 is 0. The van der Waals surface area contributed by atoms with Crippen LogP contribution in [0.25, 0.3) is 0 Å². The lowest BCUT2D eigenvalue weighted by Crippen LogP contribution is -2.50. The number of unbranched alkanes of at least 4 members (excludes halogenated alkanes) is 4. The Labute approximate surface area is 95.0 Å². The Morgan fingerprint density at radius 2 is 1.73 bits per heavy atom. The van der Waals surface area contributed by atoms with Crippen LogP contribution in [0.4, 0.5) is 0 Å². The van der Waals surface area contributed by atoms with Gasteiger partial charge in [-0.15, -0.1) is 0 Å². The average molecular weight is 212 g/mol. The lowest BCUT2D eigenvalue weighted by Gasteiger charge is -2.42. The minimum absolute atomic E-state index is 0.539. The Kier molecular flexibility index (Phi) is 6.26. The second kappa shape index (κ2) is 7.24. The van der Waals surface area contributed by atoms with Gasteiger partial charge in [-0.2, -0.15) is 0 Å². The van der Waals surface area contributed by atoms with Crippen molar-refractivity contribution < 1.29 is 0 Å². The molecule has 0 aromatic carbocycles. The highest BCUT2D eigenvalue weighted by atomic mass is 15.0. The van der Waals surface area contributed by atoms with Crippen LogP contribution in [0, 0.1) is 0 Å². The normalized spacial score (nSPS) is 18.8. The Hall–Kier alpha value is -0.0800. The van der Waals surface area contributed by atoms with Gasteiger partial charge in [0.15, 0.2) is 0 Å². The summed E-state index contributed by atoms with van der Waals surface area (Å²) >= 11 is 0. The molecule has 1 rings (SSSR count). The van der Waals surface area contributed by atoms with Crippen molar-refractivity contribution in [3.05, 3.63) is 0 Å². The second-order valence-corrected chi connectivity index (χ2v) is 4.97. The molecular weight excluding hydrogens is 184 g/mol. The fraction of sp³-hybridized carbons (Fsp3) is 1.00. The average Bonchev–Trinajstić information content (AvgIpc) is 2.20. The van der Waals surface area contributed by atoms with Crippen LogP contribution in [0.5, 0.6) is 0 Å². The minimum atomic E-state index is 0.539. The Morgan fingerprint density at radius 1 is 1.07 bits per heavy atom.